The second-order valence-electron chi connectivity index (χ2n) is 5.62. The van der Waals surface area contributed by atoms with E-state index in [1.807, 2.05) is 6.07 Å². The number of aromatic hydroxyl groups is 1. The summed E-state index contributed by atoms with van der Waals surface area (Å²) in [6.07, 6.45) is 1.04. The molecule has 21 heavy (non-hydrogen) atoms. The molecule has 0 aliphatic carbocycles. The molecule has 1 aliphatic heterocycles. The van der Waals surface area contributed by atoms with Crippen LogP contribution in [0.4, 0.5) is 5.69 Å². The number of ether oxygens (including phenoxy) is 1. The van der Waals surface area contributed by atoms with E-state index in [0.29, 0.717) is 0 Å². The molecule has 0 amide bonds. The van der Waals surface area contributed by atoms with Crippen LogP contribution in [0.2, 0.25) is 0 Å². The van der Waals surface area contributed by atoms with Crippen LogP contribution in [0.25, 0.3) is 0 Å². The van der Waals surface area contributed by atoms with Crippen molar-refractivity contribution >= 4 is 5.69 Å². The highest BCUT2D eigenvalue weighted by Crippen LogP contribution is 2.36. The van der Waals surface area contributed by atoms with Crippen molar-refractivity contribution in [2.24, 2.45) is 0 Å². The number of anilines is 1. The summed E-state index contributed by atoms with van der Waals surface area (Å²) in [5.74, 6) is 1.14. The number of hydrogen-bond acceptors (Lipinski definition) is 3. The standard InChI is InChI=1S/C18H21NO2/c1-3-19-12-16(10-14-6-4-13(2)5-7-14)21-18-9-8-15(20)11-17(18)19/h4-9,11,16,20H,3,10,12H2,1-2H3. The number of likely N-dealkylation sites (N-methyl/N-ethyl adjacent to an activating group) is 1. The lowest BCUT2D eigenvalue weighted by Gasteiger charge is -2.35. The first-order valence-electron chi connectivity index (χ1n) is 7.46. The predicted octanol–water partition coefficient (Wildman–Crippen LogP) is 3.53. The summed E-state index contributed by atoms with van der Waals surface area (Å²) in [7, 11) is 0. The molecule has 3 rings (SSSR count). The van der Waals surface area contributed by atoms with E-state index in [4.69, 9.17) is 4.74 Å². The first kappa shape index (κ1) is 13.8. The lowest BCUT2D eigenvalue weighted by atomic mass is 10.0. The zero-order valence-electron chi connectivity index (χ0n) is 12.5. The Balaban J connectivity index is 1.80. The number of aryl methyl sites for hydroxylation is 1. The fraction of sp³-hybridized carbons (Fsp3) is 0.333. The van der Waals surface area contributed by atoms with Gasteiger partial charge in [-0.05, 0) is 31.5 Å². The maximum Gasteiger partial charge on any atom is 0.143 e. The van der Waals surface area contributed by atoms with Crippen molar-refractivity contribution in [3.63, 3.8) is 0 Å². The van der Waals surface area contributed by atoms with Crippen molar-refractivity contribution in [3.8, 4) is 11.5 Å². The minimum Gasteiger partial charge on any atom is -0.508 e. The van der Waals surface area contributed by atoms with Crippen molar-refractivity contribution < 1.29 is 9.84 Å². The summed E-state index contributed by atoms with van der Waals surface area (Å²) < 4.78 is 6.10. The largest absolute Gasteiger partial charge is 0.508 e. The van der Waals surface area contributed by atoms with Crippen LogP contribution in [-0.4, -0.2) is 24.3 Å². The Morgan fingerprint density at radius 3 is 2.67 bits per heavy atom. The summed E-state index contributed by atoms with van der Waals surface area (Å²) in [6, 6.07) is 13.9. The lowest BCUT2D eigenvalue weighted by Crippen LogP contribution is -2.41. The third-order valence-corrected chi connectivity index (χ3v) is 3.97. The van der Waals surface area contributed by atoms with Crippen molar-refractivity contribution in [1.82, 2.24) is 0 Å². The summed E-state index contributed by atoms with van der Waals surface area (Å²) in [5.41, 5.74) is 3.56. The zero-order valence-corrected chi connectivity index (χ0v) is 12.5. The molecule has 1 unspecified atom stereocenters. The maximum atomic E-state index is 9.65. The number of fused-ring (bicyclic) bond motifs is 1. The molecule has 0 radical (unpaired) electrons. The molecule has 2 aromatic rings. The molecule has 0 aromatic heterocycles. The molecule has 2 aromatic carbocycles. The van der Waals surface area contributed by atoms with Gasteiger partial charge in [-0.15, -0.1) is 0 Å². The van der Waals surface area contributed by atoms with Crippen molar-refractivity contribution in [3.05, 3.63) is 53.6 Å². The van der Waals surface area contributed by atoms with E-state index in [1.165, 1.54) is 11.1 Å². The number of hydrogen-bond donors (Lipinski definition) is 1. The second-order valence-corrected chi connectivity index (χ2v) is 5.62. The maximum absolute atomic E-state index is 9.65. The zero-order chi connectivity index (χ0) is 14.8. The molecule has 1 aliphatic rings. The molecule has 110 valence electrons. The van der Waals surface area contributed by atoms with Gasteiger partial charge in [-0.25, -0.2) is 0 Å². The van der Waals surface area contributed by atoms with Gasteiger partial charge in [-0.1, -0.05) is 29.8 Å². The van der Waals surface area contributed by atoms with Crippen LogP contribution >= 0.6 is 0 Å². The van der Waals surface area contributed by atoms with Gasteiger partial charge in [0, 0.05) is 19.0 Å². The van der Waals surface area contributed by atoms with Crippen LogP contribution < -0.4 is 9.64 Å². The van der Waals surface area contributed by atoms with Crippen LogP contribution in [0.5, 0.6) is 11.5 Å². The highest BCUT2D eigenvalue weighted by atomic mass is 16.5. The monoisotopic (exact) mass is 283 g/mol. The molecule has 1 heterocycles. The molecule has 3 heteroatoms. The SMILES string of the molecule is CCN1CC(Cc2ccc(C)cc2)Oc2ccc(O)cc21. The molecule has 0 spiro atoms. The van der Waals surface area contributed by atoms with Crippen LogP contribution in [0.15, 0.2) is 42.5 Å². The van der Waals surface area contributed by atoms with E-state index in [1.54, 1.807) is 12.1 Å². The lowest BCUT2D eigenvalue weighted by molar-refractivity contribution is 0.194. The van der Waals surface area contributed by atoms with Gasteiger partial charge >= 0.3 is 0 Å². The molecular weight excluding hydrogens is 262 g/mol. The Morgan fingerprint density at radius 2 is 1.95 bits per heavy atom. The van der Waals surface area contributed by atoms with E-state index >= 15 is 0 Å². The van der Waals surface area contributed by atoms with Crippen LogP contribution in [0.1, 0.15) is 18.1 Å². The molecular formula is C18H21NO2. The summed E-state index contributed by atoms with van der Waals surface area (Å²) in [5, 5.41) is 9.65. The molecule has 0 bridgehead atoms. The number of phenolic OH excluding ortho intramolecular Hbond substituents is 1. The molecule has 0 fully saturated rings. The van der Waals surface area contributed by atoms with Crippen molar-refractivity contribution in [1.29, 1.82) is 0 Å². The van der Waals surface area contributed by atoms with Crippen LogP contribution in [0, 0.1) is 6.92 Å². The summed E-state index contributed by atoms with van der Waals surface area (Å²) in [6.45, 7) is 5.98. The fourth-order valence-electron chi connectivity index (χ4n) is 2.81. The fourth-order valence-corrected chi connectivity index (χ4v) is 2.81. The van der Waals surface area contributed by atoms with Gasteiger partial charge in [0.15, 0.2) is 0 Å². The van der Waals surface area contributed by atoms with E-state index in [2.05, 4.69) is 43.0 Å². The number of rotatable bonds is 3. The van der Waals surface area contributed by atoms with E-state index < -0.39 is 0 Å². The van der Waals surface area contributed by atoms with Crippen molar-refractivity contribution in [2.75, 3.05) is 18.0 Å². The Morgan fingerprint density at radius 1 is 1.19 bits per heavy atom. The van der Waals surface area contributed by atoms with Gasteiger partial charge in [0.05, 0.1) is 12.2 Å². The minimum atomic E-state index is 0.143. The Hall–Kier alpha value is -2.16. The van der Waals surface area contributed by atoms with Crippen molar-refractivity contribution in [2.45, 2.75) is 26.4 Å². The molecule has 0 saturated carbocycles. The van der Waals surface area contributed by atoms with Crippen LogP contribution in [0.3, 0.4) is 0 Å². The summed E-state index contributed by atoms with van der Waals surface area (Å²) >= 11 is 0. The van der Waals surface area contributed by atoms with E-state index in [0.717, 1.165) is 30.9 Å². The molecule has 1 N–H and O–H groups in total. The van der Waals surface area contributed by atoms with Gasteiger partial charge in [-0.3, -0.25) is 0 Å². The number of nitrogens with zero attached hydrogens (tertiary/aromatic N) is 1. The van der Waals surface area contributed by atoms with E-state index in [-0.39, 0.29) is 11.9 Å². The number of benzene rings is 2. The Labute approximate surface area is 125 Å². The first-order valence-corrected chi connectivity index (χ1v) is 7.46. The van der Waals surface area contributed by atoms with Gasteiger partial charge in [0.1, 0.15) is 17.6 Å². The Kier molecular flexibility index (Phi) is 3.74. The first-order chi connectivity index (χ1) is 10.2. The van der Waals surface area contributed by atoms with E-state index in [9.17, 15) is 5.11 Å². The second kappa shape index (κ2) is 5.68. The molecule has 1 atom stereocenters. The van der Waals surface area contributed by atoms with Gasteiger partial charge in [0.2, 0.25) is 0 Å². The number of phenols is 1. The molecule has 0 saturated heterocycles. The quantitative estimate of drug-likeness (QED) is 0.935. The normalized spacial score (nSPS) is 17.2. The highest BCUT2D eigenvalue weighted by Gasteiger charge is 2.25. The van der Waals surface area contributed by atoms with Crippen LogP contribution in [-0.2, 0) is 6.42 Å². The topological polar surface area (TPSA) is 32.7 Å². The summed E-state index contributed by atoms with van der Waals surface area (Å²) in [4.78, 5) is 2.26. The smallest absolute Gasteiger partial charge is 0.143 e. The van der Waals surface area contributed by atoms with Gasteiger partial charge in [-0.2, -0.15) is 0 Å². The van der Waals surface area contributed by atoms with Gasteiger partial charge in [0.25, 0.3) is 0 Å². The average molecular weight is 283 g/mol. The average Bonchev–Trinajstić information content (AvgIpc) is 2.49. The highest BCUT2D eigenvalue weighted by molar-refractivity contribution is 5.62. The third-order valence-electron chi connectivity index (χ3n) is 3.97. The third kappa shape index (κ3) is 2.97. The van der Waals surface area contributed by atoms with Gasteiger partial charge < -0.3 is 14.7 Å². The minimum absolute atomic E-state index is 0.143. The predicted molar refractivity (Wildman–Crippen MR) is 85.3 cm³/mol. The molecule has 3 nitrogen and oxygen atoms in total. The Bertz CT molecular complexity index is 622.